The maximum atomic E-state index is 4.47. The highest BCUT2D eigenvalue weighted by Gasteiger charge is 2.14. The number of aromatic nitrogens is 1. The Morgan fingerprint density at radius 1 is 1.33 bits per heavy atom. The summed E-state index contributed by atoms with van der Waals surface area (Å²) in [7, 11) is 2.20. The Kier molecular flexibility index (Phi) is 8.12. The standard InChI is InChI=1S/C17H31N3S/c1-13(2)10-18-11-16-12-19-14(3)9-17(16)20(5)15(4)7-8-21-6/h9,12-13,15,18H,7-8,10-11H2,1-6H3. The third-order valence-electron chi connectivity index (χ3n) is 3.75. The Balaban J connectivity index is 2.80. The molecule has 1 N–H and O–H groups in total. The molecule has 21 heavy (non-hydrogen) atoms. The molecule has 0 spiro atoms. The second-order valence-electron chi connectivity index (χ2n) is 6.22. The minimum atomic E-state index is 0.545. The average Bonchev–Trinajstić information content (AvgIpc) is 2.45. The van der Waals surface area contributed by atoms with Crippen molar-refractivity contribution in [2.45, 2.75) is 46.7 Å². The van der Waals surface area contributed by atoms with Crippen LogP contribution in [0.5, 0.6) is 0 Å². The molecule has 0 aliphatic carbocycles. The fraction of sp³-hybridized carbons (Fsp3) is 0.706. The molecule has 0 aliphatic rings. The van der Waals surface area contributed by atoms with Gasteiger partial charge in [-0.2, -0.15) is 11.8 Å². The van der Waals surface area contributed by atoms with Gasteiger partial charge in [0.25, 0.3) is 0 Å². The van der Waals surface area contributed by atoms with Gasteiger partial charge in [0, 0.05) is 42.8 Å². The lowest BCUT2D eigenvalue weighted by molar-refractivity contribution is 0.550. The van der Waals surface area contributed by atoms with E-state index in [0.29, 0.717) is 12.0 Å². The summed E-state index contributed by atoms with van der Waals surface area (Å²) in [6.45, 7) is 10.8. The molecule has 0 amide bonds. The molecule has 0 saturated heterocycles. The first-order valence-corrected chi connectivity index (χ1v) is 9.23. The van der Waals surface area contributed by atoms with Crippen LogP contribution in [-0.4, -0.2) is 36.6 Å². The number of thioether (sulfide) groups is 1. The summed E-state index contributed by atoms with van der Waals surface area (Å²) in [6, 6.07) is 2.75. The van der Waals surface area contributed by atoms with Crippen LogP contribution in [0, 0.1) is 12.8 Å². The lowest BCUT2D eigenvalue weighted by atomic mass is 10.1. The van der Waals surface area contributed by atoms with Crippen molar-refractivity contribution < 1.29 is 0 Å². The van der Waals surface area contributed by atoms with Gasteiger partial charge in [-0.3, -0.25) is 4.98 Å². The molecule has 1 aromatic rings. The van der Waals surface area contributed by atoms with E-state index in [1.807, 2.05) is 18.0 Å². The molecule has 1 rings (SSSR count). The van der Waals surface area contributed by atoms with Gasteiger partial charge >= 0.3 is 0 Å². The Bertz CT molecular complexity index is 420. The number of pyridine rings is 1. The Hall–Kier alpha value is -0.740. The van der Waals surface area contributed by atoms with E-state index in [1.165, 1.54) is 23.4 Å². The molecule has 1 aromatic heterocycles. The van der Waals surface area contributed by atoms with Gasteiger partial charge < -0.3 is 10.2 Å². The van der Waals surface area contributed by atoms with Crippen molar-refractivity contribution in [1.29, 1.82) is 0 Å². The lowest BCUT2D eigenvalue weighted by Crippen LogP contribution is -2.31. The summed E-state index contributed by atoms with van der Waals surface area (Å²) in [5.41, 5.74) is 3.69. The van der Waals surface area contributed by atoms with E-state index >= 15 is 0 Å². The van der Waals surface area contributed by atoms with Crippen molar-refractivity contribution >= 4 is 17.4 Å². The second-order valence-corrected chi connectivity index (χ2v) is 7.21. The third kappa shape index (κ3) is 6.27. The first-order valence-electron chi connectivity index (χ1n) is 7.83. The normalized spacial score (nSPS) is 12.7. The van der Waals surface area contributed by atoms with E-state index in [2.05, 4.69) is 62.3 Å². The van der Waals surface area contributed by atoms with Gasteiger partial charge in [-0.25, -0.2) is 0 Å². The number of rotatable bonds is 9. The minimum absolute atomic E-state index is 0.545. The van der Waals surface area contributed by atoms with E-state index in [0.717, 1.165) is 18.8 Å². The van der Waals surface area contributed by atoms with Gasteiger partial charge in [0.15, 0.2) is 0 Å². The number of hydrogen-bond acceptors (Lipinski definition) is 4. The Labute approximate surface area is 134 Å². The van der Waals surface area contributed by atoms with Crippen LogP contribution in [0.4, 0.5) is 5.69 Å². The zero-order valence-electron chi connectivity index (χ0n) is 14.4. The topological polar surface area (TPSA) is 28.2 Å². The number of nitrogens with one attached hydrogen (secondary N) is 1. The Morgan fingerprint density at radius 3 is 2.67 bits per heavy atom. The largest absolute Gasteiger partial charge is 0.371 e. The van der Waals surface area contributed by atoms with Gasteiger partial charge in [-0.1, -0.05) is 13.8 Å². The fourth-order valence-corrected chi connectivity index (χ4v) is 2.83. The van der Waals surface area contributed by atoms with Crippen LogP contribution in [0.25, 0.3) is 0 Å². The summed E-state index contributed by atoms with van der Waals surface area (Å²) in [6.07, 6.45) is 5.40. The van der Waals surface area contributed by atoms with Crippen molar-refractivity contribution in [2.75, 3.05) is 30.5 Å². The van der Waals surface area contributed by atoms with Gasteiger partial charge in [0.1, 0.15) is 0 Å². The first-order chi connectivity index (χ1) is 9.95. The third-order valence-corrected chi connectivity index (χ3v) is 4.39. The van der Waals surface area contributed by atoms with Gasteiger partial charge in [-0.15, -0.1) is 0 Å². The average molecular weight is 310 g/mol. The molecule has 1 heterocycles. The van der Waals surface area contributed by atoms with Crippen molar-refractivity contribution in [1.82, 2.24) is 10.3 Å². The zero-order valence-corrected chi connectivity index (χ0v) is 15.3. The highest BCUT2D eigenvalue weighted by molar-refractivity contribution is 7.98. The van der Waals surface area contributed by atoms with Crippen molar-refractivity contribution in [3.63, 3.8) is 0 Å². The summed E-state index contributed by atoms with van der Waals surface area (Å²) in [4.78, 5) is 6.87. The maximum Gasteiger partial charge on any atom is 0.0445 e. The molecule has 3 nitrogen and oxygen atoms in total. The highest BCUT2D eigenvalue weighted by atomic mass is 32.2. The van der Waals surface area contributed by atoms with Crippen molar-refractivity contribution in [3.8, 4) is 0 Å². The molecule has 0 aromatic carbocycles. The molecule has 1 atom stereocenters. The zero-order chi connectivity index (χ0) is 15.8. The predicted octanol–water partition coefficient (Wildman–Crippen LogP) is 3.71. The minimum Gasteiger partial charge on any atom is -0.371 e. The summed E-state index contributed by atoms with van der Waals surface area (Å²) >= 11 is 1.92. The highest BCUT2D eigenvalue weighted by Crippen LogP contribution is 2.23. The molecule has 0 radical (unpaired) electrons. The van der Waals surface area contributed by atoms with Gasteiger partial charge in [0.05, 0.1) is 0 Å². The van der Waals surface area contributed by atoms with E-state index in [1.54, 1.807) is 0 Å². The Morgan fingerprint density at radius 2 is 2.05 bits per heavy atom. The molecule has 120 valence electrons. The fourth-order valence-electron chi connectivity index (χ4n) is 2.25. The van der Waals surface area contributed by atoms with Gasteiger partial charge in [-0.05, 0) is 50.8 Å². The predicted molar refractivity (Wildman–Crippen MR) is 96.4 cm³/mol. The van der Waals surface area contributed by atoms with Gasteiger partial charge in [0.2, 0.25) is 0 Å². The van der Waals surface area contributed by atoms with Crippen LogP contribution in [0.2, 0.25) is 0 Å². The first kappa shape index (κ1) is 18.3. The summed E-state index contributed by atoms with van der Waals surface area (Å²) in [5.74, 6) is 1.88. The molecule has 0 aliphatic heterocycles. The van der Waals surface area contributed by atoms with Crippen LogP contribution in [0.3, 0.4) is 0 Å². The van der Waals surface area contributed by atoms with Crippen molar-refractivity contribution in [3.05, 3.63) is 23.5 Å². The number of nitrogens with zero attached hydrogens (tertiary/aromatic N) is 2. The van der Waals surface area contributed by atoms with E-state index < -0.39 is 0 Å². The maximum absolute atomic E-state index is 4.47. The van der Waals surface area contributed by atoms with E-state index in [4.69, 9.17) is 0 Å². The second kappa shape index (κ2) is 9.31. The monoisotopic (exact) mass is 309 g/mol. The molecule has 0 fully saturated rings. The number of hydrogen-bond donors (Lipinski definition) is 1. The summed E-state index contributed by atoms with van der Waals surface area (Å²) < 4.78 is 0. The van der Waals surface area contributed by atoms with E-state index in [-0.39, 0.29) is 0 Å². The van der Waals surface area contributed by atoms with Crippen LogP contribution in [-0.2, 0) is 6.54 Å². The quantitative estimate of drug-likeness (QED) is 0.752. The lowest BCUT2D eigenvalue weighted by Gasteiger charge is -2.29. The molecule has 0 bridgehead atoms. The molecule has 0 saturated carbocycles. The van der Waals surface area contributed by atoms with Crippen LogP contribution in [0.15, 0.2) is 12.3 Å². The molecular formula is C17H31N3S. The SMILES string of the molecule is CSCCC(C)N(C)c1cc(C)ncc1CNCC(C)C. The summed E-state index contributed by atoms with van der Waals surface area (Å²) in [5, 5.41) is 3.53. The van der Waals surface area contributed by atoms with Crippen LogP contribution < -0.4 is 10.2 Å². The number of aryl methyl sites for hydroxylation is 1. The molecule has 1 unspecified atom stereocenters. The molecular weight excluding hydrogens is 278 g/mol. The smallest absolute Gasteiger partial charge is 0.0445 e. The van der Waals surface area contributed by atoms with E-state index in [9.17, 15) is 0 Å². The van der Waals surface area contributed by atoms with Crippen LogP contribution >= 0.6 is 11.8 Å². The molecule has 4 heteroatoms. The van der Waals surface area contributed by atoms with Crippen LogP contribution in [0.1, 0.15) is 38.4 Å². The van der Waals surface area contributed by atoms with Crippen molar-refractivity contribution in [2.24, 2.45) is 5.92 Å². The number of anilines is 1.